The number of hydrogen-bond acceptors (Lipinski definition) is 4. The lowest BCUT2D eigenvalue weighted by molar-refractivity contribution is -0.136. The topological polar surface area (TPSA) is 58.8 Å². The van der Waals surface area contributed by atoms with Crippen LogP contribution in [0.4, 0.5) is 0 Å². The van der Waals surface area contributed by atoms with Gasteiger partial charge in [-0.05, 0) is 13.5 Å². The molecule has 0 saturated carbocycles. The van der Waals surface area contributed by atoms with Gasteiger partial charge in [0.1, 0.15) is 0 Å². The van der Waals surface area contributed by atoms with Gasteiger partial charge in [0.2, 0.25) is 5.91 Å². The minimum atomic E-state index is -0.151. The van der Waals surface area contributed by atoms with Gasteiger partial charge in [0.15, 0.2) is 0 Å². The lowest BCUT2D eigenvalue weighted by Crippen LogP contribution is -2.53. The zero-order chi connectivity index (χ0) is 12.8. The van der Waals surface area contributed by atoms with E-state index in [-0.39, 0.29) is 12.0 Å². The van der Waals surface area contributed by atoms with E-state index < -0.39 is 0 Å². The smallest absolute Gasteiger partial charge is 0.225 e. The van der Waals surface area contributed by atoms with Crippen molar-refractivity contribution in [2.75, 3.05) is 40.3 Å². The molecule has 1 heterocycles. The highest BCUT2D eigenvalue weighted by molar-refractivity contribution is 5.76. The first-order chi connectivity index (χ1) is 8.12. The quantitative estimate of drug-likeness (QED) is 0.733. The van der Waals surface area contributed by atoms with Gasteiger partial charge in [0.25, 0.3) is 0 Å². The maximum atomic E-state index is 12.1. The predicted molar refractivity (Wildman–Crippen MR) is 67.8 cm³/mol. The molecule has 0 bridgehead atoms. The number of hydrogen-bond donors (Lipinski definition) is 1. The Balaban J connectivity index is 2.47. The van der Waals surface area contributed by atoms with E-state index in [0.717, 1.165) is 26.1 Å². The first-order valence-corrected chi connectivity index (χ1v) is 6.33. The van der Waals surface area contributed by atoms with Crippen LogP contribution < -0.4 is 5.73 Å². The molecule has 1 rings (SSSR count). The summed E-state index contributed by atoms with van der Waals surface area (Å²) in [5.41, 5.74) is 5.53. The molecule has 1 aliphatic rings. The standard InChI is InChI=1S/C12H25N3O2/c1-4-10-9-15(6-5-14(10)2)12(16)7-11(8-13)17-3/h10-11H,4-9,13H2,1-3H3. The van der Waals surface area contributed by atoms with Crippen LogP contribution in [0.15, 0.2) is 0 Å². The molecule has 2 atom stereocenters. The van der Waals surface area contributed by atoms with Crippen LogP contribution in [0.3, 0.4) is 0 Å². The van der Waals surface area contributed by atoms with Crippen molar-refractivity contribution < 1.29 is 9.53 Å². The Kier molecular flexibility index (Phi) is 5.88. The second kappa shape index (κ2) is 6.93. The molecule has 0 aliphatic carbocycles. The summed E-state index contributed by atoms with van der Waals surface area (Å²) in [6, 6.07) is 0.478. The normalized spacial score (nSPS) is 23.8. The number of methoxy groups -OCH3 is 1. The first-order valence-electron chi connectivity index (χ1n) is 6.33. The van der Waals surface area contributed by atoms with E-state index in [4.69, 9.17) is 10.5 Å². The summed E-state index contributed by atoms with van der Waals surface area (Å²) in [7, 11) is 3.72. The fraction of sp³-hybridized carbons (Fsp3) is 0.917. The number of amides is 1. The monoisotopic (exact) mass is 243 g/mol. The van der Waals surface area contributed by atoms with Crippen molar-refractivity contribution in [3.05, 3.63) is 0 Å². The Bertz CT molecular complexity index is 244. The lowest BCUT2D eigenvalue weighted by atomic mass is 10.1. The lowest BCUT2D eigenvalue weighted by Gasteiger charge is -2.39. The van der Waals surface area contributed by atoms with Gasteiger partial charge >= 0.3 is 0 Å². The third kappa shape index (κ3) is 3.94. The van der Waals surface area contributed by atoms with E-state index in [0.29, 0.717) is 19.0 Å². The molecule has 2 unspecified atom stereocenters. The molecule has 5 nitrogen and oxygen atoms in total. The molecule has 0 radical (unpaired) electrons. The zero-order valence-corrected chi connectivity index (χ0v) is 11.2. The maximum absolute atomic E-state index is 12.1. The Labute approximate surface area is 104 Å². The van der Waals surface area contributed by atoms with Gasteiger partial charge in [-0.1, -0.05) is 6.92 Å². The van der Waals surface area contributed by atoms with E-state index in [1.54, 1.807) is 7.11 Å². The molecule has 0 aromatic heterocycles. The number of nitrogens with zero attached hydrogens (tertiary/aromatic N) is 2. The van der Waals surface area contributed by atoms with Crippen LogP contribution in [0.25, 0.3) is 0 Å². The molecule has 5 heteroatoms. The minimum absolute atomic E-state index is 0.151. The van der Waals surface area contributed by atoms with Crippen molar-refractivity contribution >= 4 is 5.91 Å². The molecule has 1 saturated heterocycles. The van der Waals surface area contributed by atoms with Crippen LogP contribution in [0.2, 0.25) is 0 Å². The van der Waals surface area contributed by atoms with E-state index in [2.05, 4.69) is 18.9 Å². The zero-order valence-electron chi connectivity index (χ0n) is 11.2. The average Bonchev–Trinajstić information content (AvgIpc) is 2.36. The highest BCUT2D eigenvalue weighted by atomic mass is 16.5. The van der Waals surface area contributed by atoms with Crippen LogP contribution in [0, 0.1) is 0 Å². The number of nitrogens with two attached hydrogens (primary N) is 1. The van der Waals surface area contributed by atoms with Crippen molar-refractivity contribution in [2.24, 2.45) is 5.73 Å². The fourth-order valence-corrected chi connectivity index (χ4v) is 2.20. The fourth-order valence-electron chi connectivity index (χ4n) is 2.20. The molecule has 0 aromatic carbocycles. The van der Waals surface area contributed by atoms with Crippen molar-refractivity contribution in [1.29, 1.82) is 0 Å². The molecule has 17 heavy (non-hydrogen) atoms. The molecule has 100 valence electrons. The van der Waals surface area contributed by atoms with Gasteiger partial charge < -0.3 is 15.4 Å². The summed E-state index contributed by atoms with van der Waals surface area (Å²) < 4.78 is 5.15. The molecule has 0 aromatic rings. The van der Waals surface area contributed by atoms with E-state index in [1.165, 1.54) is 0 Å². The summed E-state index contributed by atoms with van der Waals surface area (Å²) in [6.45, 7) is 5.14. The molecule has 1 aliphatic heterocycles. The first kappa shape index (κ1) is 14.4. The summed E-state index contributed by atoms with van der Waals surface area (Å²) in [5, 5.41) is 0. The third-order valence-electron chi connectivity index (χ3n) is 3.60. The van der Waals surface area contributed by atoms with Gasteiger partial charge in [-0.2, -0.15) is 0 Å². The van der Waals surface area contributed by atoms with Gasteiger partial charge in [-0.15, -0.1) is 0 Å². The summed E-state index contributed by atoms with van der Waals surface area (Å²) in [5.74, 6) is 0.161. The van der Waals surface area contributed by atoms with E-state index >= 15 is 0 Å². The Hall–Kier alpha value is -0.650. The number of rotatable bonds is 5. The number of carbonyl (C=O) groups is 1. The van der Waals surface area contributed by atoms with E-state index in [9.17, 15) is 4.79 Å². The third-order valence-corrected chi connectivity index (χ3v) is 3.60. The van der Waals surface area contributed by atoms with Crippen LogP contribution in [0.5, 0.6) is 0 Å². The Morgan fingerprint density at radius 1 is 1.53 bits per heavy atom. The minimum Gasteiger partial charge on any atom is -0.380 e. The SMILES string of the molecule is CCC1CN(C(=O)CC(CN)OC)CCN1C. The Morgan fingerprint density at radius 3 is 2.76 bits per heavy atom. The van der Waals surface area contributed by atoms with Crippen LogP contribution in [0.1, 0.15) is 19.8 Å². The molecular formula is C12H25N3O2. The van der Waals surface area contributed by atoms with Crippen molar-refractivity contribution in [1.82, 2.24) is 9.80 Å². The highest BCUT2D eigenvalue weighted by Crippen LogP contribution is 2.12. The second-order valence-electron chi connectivity index (χ2n) is 4.68. The summed E-state index contributed by atoms with van der Waals surface area (Å²) in [4.78, 5) is 16.3. The second-order valence-corrected chi connectivity index (χ2v) is 4.68. The number of carbonyl (C=O) groups excluding carboxylic acids is 1. The molecule has 0 spiro atoms. The Morgan fingerprint density at radius 2 is 2.24 bits per heavy atom. The maximum Gasteiger partial charge on any atom is 0.225 e. The molecule has 1 amide bonds. The highest BCUT2D eigenvalue weighted by Gasteiger charge is 2.27. The van der Waals surface area contributed by atoms with Crippen LogP contribution >= 0.6 is 0 Å². The molecular weight excluding hydrogens is 218 g/mol. The number of likely N-dealkylation sites (N-methyl/N-ethyl adjacent to an activating group) is 1. The number of ether oxygens (including phenoxy) is 1. The predicted octanol–water partition coefficient (Wildman–Crippen LogP) is -0.0972. The molecule has 2 N–H and O–H groups in total. The molecule has 1 fully saturated rings. The average molecular weight is 243 g/mol. The van der Waals surface area contributed by atoms with Gasteiger partial charge in [0.05, 0.1) is 12.5 Å². The van der Waals surface area contributed by atoms with Crippen molar-refractivity contribution in [3.63, 3.8) is 0 Å². The summed E-state index contributed by atoms with van der Waals surface area (Å²) in [6.07, 6.45) is 1.32. The van der Waals surface area contributed by atoms with Gasteiger partial charge in [0, 0.05) is 39.3 Å². The van der Waals surface area contributed by atoms with Gasteiger partial charge in [-0.3, -0.25) is 9.69 Å². The van der Waals surface area contributed by atoms with Crippen LogP contribution in [-0.4, -0.2) is 68.2 Å². The van der Waals surface area contributed by atoms with E-state index in [1.807, 2.05) is 4.90 Å². The van der Waals surface area contributed by atoms with Crippen LogP contribution in [-0.2, 0) is 9.53 Å². The summed E-state index contributed by atoms with van der Waals surface area (Å²) >= 11 is 0. The number of piperazine rings is 1. The largest absolute Gasteiger partial charge is 0.380 e. The van der Waals surface area contributed by atoms with Crippen molar-refractivity contribution in [2.45, 2.75) is 31.9 Å². The van der Waals surface area contributed by atoms with Crippen molar-refractivity contribution in [3.8, 4) is 0 Å². The van der Waals surface area contributed by atoms with Gasteiger partial charge in [-0.25, -0.2) is 0 Å².